The minimum atomic E-state index is -0.220. The largest absolute Gasteiger partial charge is 0.310 e. The van der Waals surface area contributed by atoms with Crippen LogP contribution in [-0.4, -0.2) is 9.13 Å². The summed E-state index contributed by atoms with van der Waals surface area (Å²) in [5.74, 6) is 0. The van der Waals surface area contributed by atoms with E-state index >= 15 is 0 Å². The van der Waals surface area contributed by atoms with Crippen LogP contribution in [0, 0.1) is 0 Å². The van der Waals surface area contributed by atoms with Crippen LogP contribution in [0.4, 0.5) is 34.1 Å². The number of anilines is 6. The Balaban J connectivity index is 0.000000140. The van der Waals surface area contributed by atoms with Crippen molar-refractivity contribution in [2.75, 3.05) is 9.80 Å². The van der Waals surface area contributed by atoms with Gasteiger partial charge in [-0.15, -0.1) is 0 Å². The highest BCUT2D eigenvalue weighted by Crippen LogP contribution is 2.56. The van der Waals surface area contributed by atoms with E-state index in [0.717, 1.165) is 34.1 Å². The van der Waals surface area contributed by atoms with Gasteiger partial charge >= 0.3 is 0 Å². The van der Waals surface area contributed by atoms with Gasteiger partial charge in [-0.1, -0.05) is 284 Å². The lowest BCUT2D eigenvalue weighted by Crippen LogP contribution is -2.17. The zero-order chi connectivity index (χ0) is 77.0. The van der Waals surface area contributed by atoms with Crippen molar-refractivity contribution in [2.24, 2.45) is 0 Å². The van der Waals surface area contributed by atoms with Crippen LogP contribution in [0.1, 0.15) is 74.9 Å². The molecule has 0 saturated carbocycles. The lowest BCUT2D eigenvalue weighted by Gasteiger charge is -2.28. The fraction of sp³-hybridized carbons (Fsp3) is 0.0811. The molecule has 0 radical (unpaired) electrons. The normalized spacial score (nSPS) is 13.7. The fourth-order valence-electron chi connectivity index (χ4n) is 19.8. The molecular weight excluding hydrogens is 1390 g/mol. The molecule has 0 N–H and O–H groups in total. The second-order valence-electron chi connectivity index (χ2n) is 33.2. The van der Waals surface area contributed by atoms with Crippen molar-refractivity contribution in [3.63, 3.8) is 0 Å². The molecule has 18 aromatic carbocycles. The van der Waals surface area contributed by atoms with E-state index in [9.17, 15) is 0 Å². The summed E-state index contributed by atoms with van der Waals surface area (Å²) in [5.41, 5.74) is 35.0. The predicted octanol–water partition coefficient (Wildman–Crippen LogP) is 30.2. The first-order valence-corrected chi connectivity index (χ1v) is 40.3. The summed E-state index contributed by atoms with van der Waals surface area (Å²) in [6.45, 7) is 14.3. The number of hydrogen-bond donors (Lipinski definition) is 0. The van der Waals surface area contributed by atoms with E-state index in [1.165, 1.54) is 176 Å². The minimum Gasteiger partial charge on any atom is -0.310 e. The van der Waals surface area contributed by atoms with Crippen LogP contribution in [0.2, 0.25) is 0 Å². The lowest BCUT2D eigenvalue weighted by atomic mass is 9.82. The maximum Gasteiger partial charge on any atom is 0.0547 e. The van der Waals surface area contributed by atoms with E-state index < -0.39 is 0 Å². The third kappa shape index (κ3) is 10.8. The van der Waals surface area contributed by atoms with Gasteiger partial charge in [0.05, 0.1) is 22.1 Å². The monoisotopic (exact) mass is 1470 g/mol. The zero-order valence-electron chi connectivity index (χ0n) is 65.2. The molecule has 546 valence electrons. The van der Waals surface area contributed by atoms with Crippen LogP contribution in [0.3, 0.4) is 0 Å². The molecule has 0 unspecified atom stereocenters. The Morgan fingerprint density at radius 2 is 0.513 bits per heavy atom. The third-order valence-electron chi connectivity index (χ3n) is 25.7. The Bertz CT molecular complexity index is 7360. The van der Waals surface area contributed by atoms with Crippen molar-refractivity contribution in [1.29, 1.82) is 0 Å². The number of benzene rings is 18. The third-order valence-corrected chi connectivity index (χ3v) is 25.7. The van der Waals surface area contributed by atoms with Crippen LogP contribution < -0.4 is 9.80 Å². The highest BCUT2D eigenvalue weighted by molar-refractivity contribution is 6.13. The molecule has 4 heteroatoms. The highest BCUT2D eigenvalue weighted by Gasteiger charge is 2.40. The van der Waals surface area contributed by atoms with Crippen molar-refractivity contribution < 1.29 is 0 Å². The van der Waals surface area contributed by atoms with Crippen LogP contribution in [-0.2, 0) is 16.2 Å². The van der Waals surface area contributed by atoms with Gasteiger partial charge in [-0.3, -0.25) is 0 Å². The summed E-state index contributed by atoms with van der Waals surface area (Å²) < 4.78 is 4.96. The smallest absolute Gasteiger partial charge is 0.0547 e. The van der Waals surface area contributed by atoms with Gasteiger partial charge in [-0.05, 0) is 267 Å². The standard InChI is InChI=1S/C58H44N2.C53H38N2/c1-57(2)51-20-12-10-18-45(51)49-36-56-50(35-54(49)57)48-19-11-13-21-55(48)60(56)44-29-31-47-46-30-28-43(33-52(46)58(3,4)53(47)34-44)59(41-16-6-5-7-17-41)42-26-24-38(25-27-42)40-23-22-37-14-8-9-15-39(37)32-40;1-53(2)49-18-10-8-16-45(49)47-34-52-48(33-50(47)53)46-17-9-11-19-51(46)55(52)44-29-25-39-31-43(28-24-40(39)32-44)54(41-14-4-3-5-15-41)42-26-22-36(23-27-42)38-21-20-35-12-6-7-13-37(35)30-38/h5-36H,1-4H3;3-34H,1-2H3. The highest BCUT2D eigenvalue weighted by atomic mass is 15.1. The number of para-hydroxylation sites is 4. The van der Waals surface area contributed by atoms with Gasteiger partial charge in [0.2, 0.25) is 0 Å². The molecule has 0 bridgehead atoms. The fourth-order valence-corrected chi connectivity index (χ4v) is 19.8. The average Bonchev–Trinajstić information content (AvgIpc) is 1.56. The Kier molecular flexibility index (Phi) is 15.3. The summed E-state index contributed by atoms with van der Waals surface area (Å²) in [6.07, 6.45) is 0. The van der Waals surface area contributed by atoms with E-state index in [0.29, 0.717) is 0 Å². The summed E-state index contributed by atoms with van der Waals surface area (Å²) in [4.78, 5) is 4.75. The second-order valence-corrected chi connectivity index (χ2v) is 33.2. The summed E-state index contributed by atoms with van der Waals surface area (Å²) >= 11 is 0. The maximum absolute atomic E-state index is 2.50. The van der Waals surface area contributed by atoms with Crippen LogP contribution in [0.5, 0.6) is 0 Å². The van der Waals surface area contributed by atoms with Crippen molar-refractivity contribution in [3.8, 4) is 67.0 Å². The molecule has 0 atom stereocenters. The molecule has 2 aromatic heterocycles. The predicted molar refractivity (Wildman–Crippen MR) is 487 cm³/mol. The Morgan fingerprint density at radius 1 is 0.183 bits per heavy atom. The molecule has 23 rings (SSSR count). The molecule has 3 aliphatic carbocycles. The van der Waals surface area contributed by atoms with Crippen molar-refractivity contribution in [1.82, 2.24) is 9.13 Å². The van der Waals surface area contributed by atoms with Crippen LogP contribution in [0.15, 0.2) is 388 Å². The second kappa shape index (κ2) is 26.0. The zero-order valence-corrected chi connectivity index (χ0v) is 65.2. The van der Waals surface area contributed by atoms with E-state index in [1.807, 2.05) is 0 Å². The molecule has 3 aliphatic rings. The molecule has 0 amide bonds. The van der Waals surface area contributed by atoms with E-state index in [4.69, 9.17) is 0 Å². The van der Waals surface area contributed by atoms with Crippen molar-refractivity contribution in [3.05, 3.63) is 422 Å². The van der Waals surface area contributed by atoms with Crippen molar-refractivity contribution >= 4 is 110 Å². The first-order valence-electron chi connectivity index (χ1n) is 40.3. The summed E-state index contributed by atoms with van der Waals surface area (Å²) in [5, 5.41) is 12.6. The van der Waals surface area contributed by atoms with Gasteiger partial charge in [-0.25, -0.2) is 0 Å². The minimum absolute atomic E-state index is 0.0448. The van der Waals surface area contributed by atoms with Crippen LogP contribution >= 0.6 is 0 Å². The summed E-state index contributed by atoms with van der Waals surface area (Å²) in [7, 11) is 0. The Labute approximate surface area is 671 Å². The number of fused-ring (bicyclic) bond motifs is 18. The molecule has 0 aliphatic heterocycles. The van der Waals surface area contributed by atoms with Gasteiger partial charge in [0.15, 0.2) is 0 Å². The molecule has 2 heterocycles. The molecular formula is C111H82N4. The maximum atomic E-state index is 2.50. The molecule has 4 nitrogen and oxygen atoms in total. The van der Waals surface area contributed by atoms with E-state index in [-0.39, 0.29) is 16.2 Å². The topological polar surface area (TPSA) is 16.3 Å². The van der Waals surface area contributed by atoms with Gasteiger partial charge in [0, 0.05) is 83.3 Å². The number of nitrogens with zero attached hydrogens (tertiary/aromatic N) is 4. The van der Waals surface area contributed by atoms with Gasteiger partial charge in [0.25, 0.3) is 0 Å². The molecule has 20 aromatic rings. The molecule has 0 saturated heterocycles. The van der Waals surface area contributed by atoms with E-state index in [2.05, 4.69) is 449 Å². The number of aromatic nitrogens is 2. The SMILES string of the molecule is CC1(C)c2cc(N(c3ccccc3)c3ccc(-c4ccc5ccccc5c4)cc3)ccc2-c2ccc(-n3c4ccccc4c4cc5c(cc43)-c3ccccc3C5(C)C)cc21.CC1(C)c2ccccc2-c2cc3c(cc21)c1ccccc1n3-c1ccc2cc(N(c3ccccc3)c3ccc(-c4ccc5ccccc5c4)cc3)ccc2c1. The summed E-state index contributed by atoms with van der Waals surface area (Å²) in [6, 6.07) is 144. The Hall–Kier alpha value is -14.1. The van der Waals surface area contributed by atoms with Gasteiger partial charge in [-0.2, -0.15) is 0 Å². The lowest BCUT2D eigenvalue weighted by molar-refractivity contribution is 0.660. The van der Waals surface area contributed by atoms with Crippen LogP contribution in [0.25, 0.3) is 143 Å². The average molecular weight is 1470 g/mol. The van der Waals surface area contributed by atoms with E-state index in [1.54, 1.807) is 0 Å². The first kappa shape index (κ1) is 67.8. The Morgan fingerprint density at radius 3 is 1.03 bits per heavy atom. The van der Waals surface area contributed by atoms with Gasteiger partial charge in [0.1, 0.15) is 0 Å². The van der Waals surface area contributed by atoms with Gasteiger partial charge < -0.3 is 18.9 Å². The number of hydrogen-bond acceptors (Lipinski definition) is 2. The number of rotatable bonds is 10. The van der Waals surface area contributed by atoms with Crippen molar-refractivity contribution in [2.45, 2.75) is 57.8 Å². The molecule has 115 heavy (non-hydrogen) atoms. The molecule has 0 spiro atoms. The molecule has 0 fully saturated rings. The quantitative estimate of drug-likeness (QED) is 0.136. The first-order chi connectivity index (χ1) is 56.3.